The summed E-state index contributed by atoms with van der Waals surface area (Å²) in [5.74, 6) is -0.220. The van der Waals surface area contributed by atoms with Crippen molar-refractivity contribution in [3.63, 3.8) is 0 Å². The molecule has 1 saturated carbocycles. The maximum absolute atomic E-state index is 12.7. The largest absolute Gasteiger partial charge is 0.336 e. The monoisotopic (exact) mass is 391 g/mol. The SMILES string of the molecule is O=C(c1ccc(S(=O)(=O)N2CCCCC2)cc1)N1CCN(C2CC2)C(=O)C1. The van der Waals surface area contributed by atoms with Crippen LogP contribution in [0.15, 0.2) is 29.2 Å². The molecule has 27 heavy (non-hydrogen) atoms. The van der Waals surface area contributed by atoms with E-state index in [1.54, 1.807) is 17.0 Å². The third-order valence-corrected chi connectivity index (χ3v) is 7.50. The van der Waals surface area contributed by atoms with E-state index in [-0.39, 0.29) is 23.3 Å². The number of rotatable bonds is 4. The first kappa shape index (κ1) is 18.4. The molecule has 1 aliphatic carbocycles. The Kier molecular flexibility index (Phi) is 4.94. The van der Waals surface area contributed by atoms with Crippen LogP contribution in [0.25, 0.3) is 0 Å². The molecule has 2 aliphatic heterocycles. The average molecular weight is 391 g/mol. The van der Waals surface area contributed by atoms with Gasteiger partial charge in [-0.2, -0.15) is 4.31 Å². The highest BCUT2D eigenvalue weighted by molar-refractivity contribution is 7.89. The van der Waals surface area contributed by atoms with Crippen molar-refractivity contribution in [1.29, 1.82) is 0 Å². The van der Waals surface area contributed by atoms with Gasteiger partial charge < -0.3 is 9.80 Å². The lowest BCUT2D eigenvalue weighted by Crippen LogP contribution is -2.52. The molecule has 3 fully saturated rings. The second-order valence-electron chi connectivity index (χ2n) is 7.53. The zero-order valence-corrected chi connectivity index (χ0v) is 16.2. The van der Waals surface area contributed by atoms with Crippen molar-refractivity contribution in [2.24, 2.45) is 0 Å². The molecule has 2 saturated heterocycles. The minimum Gasteiger partial charge on any atom is -0.336 e. The van der Waals surface area contributed by atoms with Crippen LogP contribution < -0.4 is 0 Å². The van der Waals surface area contributed by atoms with E-state index in [0.717, 1.165) is 32.1 Å². The number of hydrogen-bond acceptors (Lipinski definition) is 4. The van der Waals surface area contributed by atoms with Gasteiger partial charge in [-0.05, 0) is 49.9 Å². The molecule has 3 aliphatic rings. The molecular weight excluding hydrogens is 366 g/mol. The summed E-state index contributed by atoms with van der Waals surface area (Å²) in [5.41, 5.74) is 0.417. The van der Waals surface area contributed by atoms with Crippen LogP contribution in [0.3, 0.4) is 0 Å². The summed E-state index contributed by atoms with van der Waals surface area (Å²) in [7, 11) is -3.50. The number of carbonyl (C=O) groups excluding carboxylic acids is 2. The van der Waals surface area contributed by atoms with E-state index in [1.807, 2.05) is 4.90 Å². The van der Waals surface area contributed by atoms with Crippen molar-refractivity contribution in [1.82, 2.24) is 14.1 Å². The van der Waals surface area contributed by atoms with Gasteiger partial charge in [0.2, 0.25) is 15.9 Å². The molecule has 2 amide bonds. The van der Waals surface area contributed by atoms with Gasteiger partial charge in [0.15, 0.2) is 0 Å². The highest BCUT2D eigenvalue weighted by Crippen LogP contribution is 2.28. The Morgan fingerprint density at radius 3 is 2.19 bits per heavy atom. The molecule has 4 rings (SSSR count). The summed E-state index contributed by atoms with van der Waals surface area (Å²) in [4.78, 5) is 28.6. The van der Waals surface area contributed by atoms with E-state index >= 15 is 0 Å². The van der Waals surface area contributed by atoms with Crippen LogP contribution in [0, 0.1) is 0 Å². The molecule has 0 bridgehead atoms. The van der Waals surface area contributed by atoms with Crippen LogP contribution in [0.4, 0.5) is 0 Å². The predicted octanol–water partition coefficient (Wildman–Crippen LogP) is 1.31. The first-order valence-corrected chi connectivity index (χ1v) is 11.1. The average Bonchev–Trinajstić information content (AvgIpc) is 3.53. The van der Waals surface area contributed by atoms with Crippen molar-refractivity contribution >= 4 is 21.8 Å². The third-order valence-electron chi connectivity index (χ3n) is 5.59. The van der Waals surface area contributed by atoms with Crippen molar-refractivity contribution in [3.8, 4) is 0 Å². The summed E-state index contributed by atoms with van der Waals surface area (Å²) in [5, 5.41) is 0. The van der Waals surface area contributed by atoms with Gasteiger partial charge in [-0.3, -0.25) is 9.59 Å². The highest BCUT2D eigenvalue weighted by atomic mass is 32.2. The first-order valence-electron chi connectivity index (χ1n) is 9.66. The Morgan fingerprint density at radius 2 is 1.59 bits per heavy atom. The summed E-state index contributed by atoms with van der Waals surface area (Å²) >= 11 is 0. The predicted molar refractivity (Wildman–Crippen MR) is 99.7 cm³/mol. The van der Waals surface area contributed by atoms with Crippen LogP contribution in [0.1, 0.15) is 42.5 Å². The van der Waals surface area contributed by atoms with Crippen LogP contribution in [-0.2, 0) is 14.8 Å². The first-order chi connectivity index (χ1) is 13.0. The smallest absolute Gasteiger partial charge is 0.254 e. The maximum Gasteiger partial charge on any atom is 0.254 e. The number of hydrogen-bond donors (Lipinski definition) is 0. The normalized spacial score (nSPS) is 22.1. The zero-order chi connectivity index (χ0) is 19.0. The number of piperidine rings is 1. The Hall–Kier alpha value is -1.93. The van der Waals surface area contributed by atoms with Crippen LogP contribution >= 0.6 is 0 Å². The van der Waals surface area contributed by atoms with Gasteiger partial charge >= 0.3 is 0 Å². The Morgan fingerprint density at radius 1 is 0.926 bits per heavy atom. The van der Waals surface area contributed by atoms with Gasteiger partial charge in [-0.15, -0.1) is 0 Å². The number of amides is 2. The number of sulfonamides is 1. The van der Waals surface area contributed by atoms with Gasteiger partial charge in [-0.25, -0.2) is 8.42 Å². The lowest BCUT2D eigenvalue weighted by Gasteiger charge is -2.34. The second-order valence-corrected chi connectivity index (χ2v) is 9.47. The molecular formula is C19H25N3O4S. The Labute approximate surface area is 160 Å². The molecule has 2 heterocycles. The van der Waals surface area contributed by atoms with E-state index < -0.39 is 10.0 Å². The Balaban J connectivity index is 1.44. The number of piperazine rings is 1. The van der Waals surface area contributed by atoms with Crippen LogP contribution in [-0.4, -0.2) is 73.1 Å². The molecule has 146 valence electrons. The standard InChI is InChI=1S/C19H25N3O4S/c23-18-14-20(12-13-22(18)16-6-7-16)19(24)15-4-8-17(9-5-15)27(25,26)21-10-2-1-3-11-21/h4-5,8-9,16H,1-3,6-7,10-14H2. The fourth-order valence-electron chi connectivity index (χ4n) is 3.84. The molecule has 0 N–H and O–H groups in total. The second kappa shape index (κ2) is 7.24. The molecule has 8 heteroatoms. The number of benzene rings is 1. The molecule has 1 aromatic rings. The van der Waals surface area contributed by atoms with Crippen molar-refractivity contribution < 1.29 is 18.0 Å². The van der Waals surface area contributed by atoms with Crippen molar-refractivity contribution in [2.75, 3.05) is 32.7 Å². The number of nitrogens with zero attached hydrogens (tertiary/aromatic N) is 3. The summed E-state index contributed by atoms with van der Waals surface area (Å²) in [6.07, 6.45) is 4.96. The molecule has 0 radical (unpaired) electrons. The third kappa shape index (κ3) is 3.73. The maximum atomic E-state index is 12.7. The van der Waals surface area contributed by atoms with E-state index in [4.69, 9.17) is 0 Å². The van der Waals surface area contributed by atoms with Gasteiger partial charge in [0.05, 0.1) is 4.90 Å². The van der Waals surface area contributed by atoms with Crippen molar-refractivity contribution in [2.45, 2.75) is 43.0 Å². The minimum absolute atomic E-state index is 0.00129. The molecule has 7 nitrogen and oxygen atoms in total. The fraction of sp³-hybridized carbons (Fsp3) is 0.579. The van der Waals surface area contributed by atoms with Gasteiger partial charge in [0.1, 0.15) is 6.54 Å². The summed E-state index contributed by atoms with van der Waals surface area (Å²) < 4.78 is 26.9. The minimum atomic E-state index is -3.50. The zero-order valence-electron chi connectivity index (χ0n) is 15.3. The highest BCUT2D eigenvalue weighted by Gasteiger charge is 2.37. The van der Waals surface area contributed by atoms with Gasteiger partial charge in [0, 0.05) is 37.8 Å². The van der Waals surface area contributed by atoms with E-state index in [2.05, 4.69) is 0 Å². The Bertz CT molecular complexity index is 827. The van der Waals surface area contributed by atoms with E-state index in [1.165, 1.54) is 16.4 Å². The summed E-state index contributed by atoms with van der Waals surface area (Å²) in [6.45, 7) is 2.31. The van der Waals surface area contributed by atoms with Gasteiger partial charge in [0.25, 0.3) is 5.91 Å². The van der Waals surface area contributed by atoms with E-state index in [0.29, 0.717) is 37.8 Å². The molecule has 0 unspecified atom stereocenters. The lowest BCUT2D eigenvalue weighted by molar-refractivity contribution is -0.135. The number of carbonyl (C=O) groups is 2. The molecule has 0 atom stereocenters. The molecule has 1 aromatic carbocycles. The van der Waals surface area contributed by atoms with Crippen LogP contribution in [0.5, 0.6) is 0 Å². The fourth-order valence-corrected chi connectivity index (χ4v) is 5.36. The topological polar surface area (TPSA) is 78.0 Å². The summed E-state index contributed by atoms with van der Waals surface area (Å²) in [6, 6.07) is 6.47. The van der Waals surface area contributed by atoms with Gasteiger partial charge in [-0.1, -0.05) is 6.42 Å². The lowest BCUT2D eigenvalue weighted by atomic mass is 10.2. The van der Waals surface area contributed by atoms with Crippen molar-refractivity contribution in [3.05, 3.63) is 29.8 Å². The molecule has 0 spiro atoms. The molecule has 0 aromatic heterocycles. The van der Waals surface area contributed by atoms with Crippen LogP contribution in [0.2, 0.25) is 0 Å². The van der Waals surface area contributed by atoms with E-state index in [9.17, 15) is 18.0 Å². The quantitative estimate of drug-likeness (QED) is 0.775.